The maximum atomic E-state index is 12.5. The number of carbonyl (C=O) groups is 1. The molecule has 0 bridgehead atoms. The van der Waals surface area contributed by atoms with Gasteiger partial charge in [-0.15, -0.1) is 0 Å². The van der Waals surface area contributed by atoms with Crippen molar-refractivity contribution >= 4 is 17.3 Å². The minimum Gasteiger partial charge on any atom is -0.399 e. The molecular formula is C16H25N3O. The summed E-state index contributed by atoms with van der Waals surface area (Å²) in [6.07, 6.45) is 4.75. The minimum atomic E-state index is -0.0141. The van der Waals surface area contributed by atoms with Crippen LogP contribution in [0.15, 0.2) is 18.2 Å². The monoisotopic (exact) mass is 275 g/mol. The molecule has 2 rings (SSSR count). The van der Waals surface area contributed by atoms with Gasteiger partial charge in [-0.05, 0) is 37.0 Å². The van der Waals surface area contributed by atoms with Crippen molar-refractivity contribution in [2.45, 2.75) is 38.6 Å². The largest absolute Gasteiger partial charge is 0.399 e. The lowest BCUT2D eigenvalue weighted by Crippen LogP contribution is -2.41. The van der Waals surface area contributed by atoms with Crippen LogP contribution in [0.4, 0.5) is 11.4 Å². The number of hydrogen-bond donors (Lipinski definition) is 2. The average Bonchev–Trinajstić information content (AvgIpc) is 2.40. The van der Waals surface area contributed by atoms with Crippen LogP contribution in [-0.2, 0) is 0 Å². The quantitative estimate of drug-likeness (QED) is 0.834. The van der Waals surface area contributed by atoms with E-state index < -0.39 is 0 Å². The van der Waals surface area contributed by atoms with E-state index in [9.17, 15) is 4.79 Å². The molecule has 0 heterocycles. The molecule has 1 aliphatic carbocycles. The zero-order chi connectivity index (χ0) is 14.7. The van der Waals surface area contributed by atoms with E-state index in [0.717, 1.165) is 12.1 Å². The molecule has 0 aliphatic heterocycles. The average molecular weight is 275 g/mol. The molecule has 1 aromatic rings. The van der Waals surface area contributed by atoms with Crippen molar-refractivity contribution in [3.8, 4) is 0 Å². The van der Waals surface area contributed by atoms with Crippen LogP contribution in [0.1, 0.15) is 43.0 Å². The third kappa shape index (κ3) is 3.24. The fourth-order valence-corrected chi connectivity index (χ4v) is 2.90. The molecule has 0 spiro atoms. The number of nitrogens with two attached hydrogens (primary N) is 1. The number of carbonyl (C=O) groups excluding carboxylic acids is 1. The number of rotatable bonds is 3. The van der Waals surface area contributed by atoms with E-state index in [0.29, 0.717) is 17.2 Å². The number of hydrogen-bond acceptors (Lipinski definition) is 3. The fourth-order valence-electron chi connectivity index (χ4n) is 2.90. The summed E-state index contributed by atoms with van der Waals surface area (Å²) in [5, 5.41) is 3.19. The Morgan fingerprint density at radius 2 is 2.00 bits per heavy atom. The van der Waals surface area contributed by atoms with Gasteiger partial charge in [0.2, 0.25) is 0 Å². The van der Waals surface area contributed by atoms with Crippen molar-refractivity contribution in [3.63, 3.8) is 0 Å². The number of amides is 1. The van der Waals surface area contributed by atoms with Gasteiger partial charge in [0.1, 0.15) is 0 Å². The molecule has 0 radical (unpaired) electrons. The van der Waals surface area contributed by atoms with Gasteiger partial charge in [-0.25, -0.2) is 0 Å². The Morgan fingerprint density at radius 1 is 1.30 bits per heavy atom. The van der Waals surface area contributed by atoms with Gasteiger partial charge in [0.25, 0.3) is 5.91 Å². The zero-order valence-electron chi connectivity index (χ0n) is 12.6. The van der Waals surface area contributed by atoms with Gasteiger partial charge in [0.05, 0.1) is 5.56 Å². The second kappa shape index (κ2) is 6.16. The van der Waals surface area contributed by atoms with Crippen molar-refractivity contribution < 1.29 is 4.79 Å². The Labute approximate surface area is 121 Å². The van der Waals surface area contributed by atoms with Crippen LogP contribution in [0.3, 0.4) is 0 Å². The van der Waals surface area contributed by atoms with E-state index in [2.05, 4.69) is 12.2 Å². The maximum absolute atomic E-state index is 12.5. The third-order valence-electron chi connectivity index (χ3n) is 4.18. The number of nitrogen functional groups attached to an aromatic ring is 1. The molecule has 4 heteroatoms. The summed E-state index contributed by atoms with van der Waals surface area (Å²) in [5.74, 6) is 0.538. The molecule has 3 N–H and O–H groups in total. The van der Waals surface area contributed by atoms with Crippen molar-refractivity contribution in [3.05, 3.63) is 23.8 Å². The summed E-state index contributed by atoms with van der Waals surface area (Å²) in [6.45, 7) is 2.22. The van der Waals surface area contributed by atoms with Crippen LogP contribution in [-0.4, -0.2) is 26.0 Å². The van der Waals surface area contributed by atoms with E-state index in [4.69, 9.17) is 5.73 Å². The Morgan fingerprint density at radius 3 is 2.65 bits per heavy atom. The van der Waals surface area contributed by atoms with E-state index >= 15 is 0 Å². The van der Waals surface area contributed by atoms with Crippen molar-refractivity contribution in [2.75, 3.05) is 24.7 Å². The van der Waals surface area contributed by atoms with Crippen molar-refractivity contribution in [1.29, 1.82) is 0 Å². The summed E-state index contributed by atoms with van der Waals surface area (Å²) in [7, 11) is 3.87. The molecule has 1 amide bonds. The standard InChI is InChI=1S/C16H25N3O/c1-11-6-4-5-7-14(11)18-16(20)13-10-12(17)8-9-15(13)19(2)3/h8-11,14H,4-7,17H2,1-3H3,(H,18,20)/t11-,14+/m1/s1. The molecule has 0 saturated heterocycles. The fraction of sp³-hybridized carbons (Fsp3) is 0.562. The van der Waals surface area contributed by atoms with E-state index in [1.807, 2.05) is 31.1 Å². The number of anilines is 2. The Bertz CT molecular complexity index is 485. The van der Waals surface area contributed by atoms with Crippen LogP contribution in [0.25, 0.3) is 0 Å². The topological polar surface area (TPSA) is 58.4 Å². The summed E-state index contributed by atoms with van der Waals surface area (Å²) in [6, 6.07) is 5.77. The van der Waals surface area contributed by atoms with E-state index in [1.165, 1.54) is 19.3 Å². The van der Waals surface area contributed by atoms with Crippen LogP contribution in [0.5, 0.6) is 0 Å². The molecule has 2 atom stereocenters. The molecule has 20 heavy (non-hydrogen) atoms. The van der Waals surface area contributed by atoms with Crippen molar-refractivity contribution in [1.82, 2.24) is 5.32 Å². The lowest BCUT2D eigenvalue weighted by Gasteiger charge is -2.30. The highest BCUT2D eigenvalue weighted by Crippen LogP contribution is 2.26. The molecule has 4 nitrogen and oxygen atoms in total. The van der Waals surface area contributed by atoms with Crippen LogP contribution in [0.2, 0.25) is 0 Å². The van der Waals surface area contributed by atoms with Gasteiger partial charge in [0, 0.05) is 31.5 Å². The first-order chi connectivity index (χ1) is 9.49. The lowest BCUT2D eigenvalue weighted by atomic mass is 9.86. The molecule has 0 unspecified atom stereocenters. The smallest absolute Gasteiger partial charge is 0.253 e. The molecule has 1 saturated carbocycles. The van der Waals surface area contributed by atoms with Crippen LogP contribution >= 0.6 is 0 Å². The Balaban J connectivity index is 2.18. The summed E-state index contributed by atoms with van der Waals surface area (Å²) < 4.78 is 0. The molecule has 1 fully saturated rings. The van der Waals surface area contributed by atoms with Crippen LogP contribution < -0.4 is 16.0 Å². The van der Waals surface area contributed by atoms with Gasteiger partial charge >= 0.3 is 0 Å². The number of nitrogens with one attached hydrogen (secondary N) is 1. The summed E-state index contributed by atoms with van der Waals surface area (Å²) in [5.41, 5.74) is 8.01. The summed E-state index contributed by atoms with van der Waals surface area (Å²) >= 11 is 0. The SMILES string of the molecule is C[C@@H]1CCCC[C@@H]1NC(=O)c1cc(N)ccc1N(C)C. The number of nitrogens with zero attached hydrogens (tertiary/aromatic N) is 1. The Kier molecular flexibility index (Phi) is 4.53. The predicted molar refractivity (Wildman–Crippen MR) is 84.1 cm³/mol. The van der Waals surface area contributed by atoms with E-state index in [1.54, 1.807) is 6.07 Å². The highest BCUT2D eigenvalue weighted by molar-refractivity contribution is 6.00. The van der Waals surface area contributed by atoms with Crippen molar-refractivity contribution in [2.24, 2.45) is 5.92 Å². The first kappa shape index (κ1) is 14.7. The highest BCUT2D eigenvalue weighted by atomic mass is 16.1. The lowest BCUT2D eigenvalue weighted by molar-refractivity contribution is 0.0911. The minimum absolute atomic E-state index is 0.0141. The first-order valence-electron chi connectivity index (χ1n) is 7.36. The maximum Gasteiger partial charge on any atom is 0.253 e. The molecule has 1 aromatic carbocycles. The second-order valence-corrected chi connectivity index (χ2v) is 6.01. The van der Waals surface area contributed by atoms with Crippen LogP contribution in [0, 0.1) is 5.92 Å². The van der Waals surface area contributed by atoms with Gasteiger partial charge in [-0.1, -0.05) is 19.8 Å². The summed E-state index contributed by atoms with van der Waals surface area (Å²) in [4.78, 5) is 14.5. The third-order valence-corrected chi connectivity index (χ3v) is 4.18. The Hall–Kier alpha value is -1.71. The normalized spacial score (nSPS) is 22.4. The zero-order valence-corrected chi connectivity index (χ0v) is 12.6. The molecule has 1 aliphatic rings. The van der Waals surface area contributed by atoms with E-state index in [-0.39, 0.29) is 11.9 Å². The predicted octanol–water partition coefficient (Wildman–Crippen LogP) is 2.64. The first-order valence-corrected chi connectivity index (χ1v) is 7.36. The van der Waals surface area contributed by atoms with Gasteiger partial charge in [0.15, 0.2) is 0 Å². The molecular weight excluding hydrogens is 250 g/mol. The van der Waals surface area contributed by atoms with Gasteiger partial charge in [-0.2, -0.15) is 0 Å². The highest BCUT2D eigenvalue weighted by Gasteiger charge is 2.24. The molecule has 0 aromatic heterocycles. The molecule has 110 valence electrons. The second-order valence-electron chi connectivity index (χ2n) is 6.01. The van der Waals surface area contributed by atoms with Gasteiger partial charge in [-0.3, -0.25) is 4.79 Å². The number of benzene rings is 1. The van der Waals surface area contributed by atoms with Gasteiger partial charge < -0.3 is 16.0 Å².